The molecule has 0 spiro atoms. The maximum absolute atomic E-state index is 11.2. The molecule has 1 aromatic rings. The molecule has 1 rings (SSSR count). The van der Waals surface area contributed by atoms with Crippen LogP contribution in [-0.4, -0.2) is 31.7 Å². The van der Waals surface area contributed by atoms with Gasteiger partial charge in [0.05, 0.1) is 25.3 Å². The molecule has 3 N–H and O–H groups in total. The summed E-state index contributed by atoms with van der Waals surface area (Å²) < 4.78 is 10.5. The van der Waals surface area contributed by atoms with Gasteiger partial charge in [-0.1, -0.05) is 0 Å². The predicted molar refractivity (Wildman–Crippen MR) is 72.0 cm³/mol. The van der Waals surface area contributed by atoms with Gasteiger partial charge in [0.25, 0.3) is 0 Å². The average molecular weight is 267 g/mol. The van der Waals surface area contributed by atoms with E-state index in [1.807, 2.05) is 0 Å². The number of ether oxygens (including phenoxy) is 2. The smallest absolute Gasteiger partial charge is 0.224 e. The van der Waals surface area contributed by atoms with Gasteiger partial charge in [-0.15, -0.1) is 0 Å². The van der Waals surface area contributed by atoms with Crippen LogP contribution in [0.1, 0.15) is 19.5 Å². The number of hydrogen-bond acceptors (Lipinski definition) is 5. The first-order valence-electron chi connectivity index (χ1n) is 5.99. The molecule has 0 fully saturated rings. The molecule has 0 unspecified atom stereocenters. The van der Waals surface area contributed by atoms with E-state index in [-0.39, 0.29) is 5.91 Å². The summed E-state index contributed by atoms with van der Waals surface area (Å²) in [6.07, 6.45) is 1.65. The lowest BCUT2D eigenvalue weighted by Gasteiger charge is -2.21. The average Bonchev–Trinajstić information content (AvgIpc) is 2.37. The van der Waals surface area contributed by atoms with Crippen molar-refractivity contribution in [1.82, 2.24) is 10.3 Å². The van der Waals surface area contributed by atoms with Gasteiger partial charge in [-0.2, -0.15) is 0 Å². The maximum Gasteiger partial charge on any atom is 0.224 e. The van der Waals surface area contributed by atoms with E-state index in [0.717, 1.165) is 5.69 Å². The van der Waals surface area contributed by atoms with Crippen LogP contribution >= 0.6 is 0 Å². The highest BCUT2D eigenvalue weighted by Crippen LogP contribution is 2.28. The molecule has 6 heteroatoms. The Labute approximate surface area is 113 Å². The van der Waals surface area contributed by atoms with Gasteiger partial charge >= 0.3 is 0 Å². The van der Waals surface area contributed by atoms with Crippen molar-refractivity contribution in [2.24, 2.45) is 11.1 Å². The number of nitrogens with one attached hydrogen (secondary N) is 1. The summed E-state index contributed by atoms with van der Waals surface area (Å²) in [5.74, 6) is 0.878. The first kappa shape index (κ1) is 15.2. The summed E-state index contributed by atoms with van der Waals surface area (Å²) >= 11 is 0. The van der Waals surface area contributed by atoms with Gasteiger partial charge in [0, 0.05) is 25.4 Å². The van der Waals surface area contributed by atoms with Crippen molar-refractivity contribution < 1.29 is 14.3 Å². The molecule has 0 aromatic carbocycles. The molecule has 106 valence electrons. The molecular weight excluding hydrogens is 246 g/mol. The molecule has 0 saturated carbocycles. The molecule has 0 aliphatic heterocycles. The van der Waals surface area contributed by atoms with E-state index < -0.39 is 5.41 Å². The molecule has 1 aromatic heterocycles. The van der Waals surface area contributed by atoms with Gasteiger partial charge in [-0.3, -0.25) is 9.78 Å². The largest absolute Gasteiger partial charge is 0.493 e. The number of nitrogens with two attached hydrogens (primary N) is 1. The van der Waals surface area contributed by atoms with E-state index in [1.54, 1.807) is 40.3 Å². The Morgan fingerprint density at radius 2 is 2.11 bits per heavy atom. The molecule has 0 atom stereocenters. The molecular formula is C13H21N3O3. The first-order valence-corrected chi connectivity index (χ1v) is 5.99. The molecule has 1 amide bonds. The van der Waals surface area contributed by atoms with Crippen LogP contribution < -0.4 is 20.5 Å². The number of nitrogens with zero attached hydrogens (tertiary/aromatic N) is 1. The van der Waals surface area contributed by atoms with Gasteiger partial charge in [-0.25, -0.2) is 0 Å². The fourth-order valence-corrected chi connectivity index (χ4v) is 1.56. The Bertz CT molecular complexity index is 447. The number of hydrogen-bond donors (Lipinski definition) is 2. The van der Waals surface area contributed by atoms with Crippen molar-refractivity contribution in [1.29, 1.82) is 0 Å². The molecule has 0 radical (unpaired) electrons. The fraction of sp³-hybridized carbons (Fsp3) is 0.538. The van der Waals surface area contributed by atoms with Crippen molar-refractivity contribution in [2.75, 3.05) is 20.8 Å². The van der Waals surface area contributed by atoms with Crippen molar-refractivity contribution in [2.45, 2.75) is 20.4 Å². The molecule has 19 heavy (non-hydrogen) atoms. The molecule has 0 aliphatic carbocycles. The zero-order valence-corrected chi connectivity index (χ0v) is 11.8. The van der Waals surface area contributed by atoms with Crippen LogP contribution in [0.15, 0.2) is 12.3 Å². The van der Waals surface area contributed by atoms with E-state index in [0.29, 0.717) is 24.6 Å². The highest BCUT2D eigenvalue weighted by molar-refractivity contribution is 5.80. The number of methoxy groups -OCH3 is 2. The minimum absolute atomic E-state index is 0.342. The van der Waals surface area contributed by atoms with Crippen LogP contribution in [0, 0.1) is 5.41 Å². The number of carbonyl (C=O) groups excluding carboxylic acids is 1. The number of pyridine rings is 1. The second kappa shape index (κ2) is 6.38. The lowest BCUT2D eigenvalue weighted by atomic mass is 9.93. The Morgan fingerprint density at radius 3 is 2.63 bits per heavy atom. The van der Waals surface area contributed by atoms with E-state index in [9.17, 15) is 4.79 Å². The normalized spacial score (nSPS) is 11.2. The van der Waals surface area contributed by atoms with Crippen LogP contribution in [0.25, 0.3) is 0 Å². The van der Waals surface area contributed by atoms with Gasteiger partial charge in [0.2, 0.25) is 5.91 Å². The molecule has 0 saturated heterocycles. The van der Waals surface area contributed by atoms with Crippen molar-refractivity contribution in [3.8, 4) is 11.5 Å². The predicted octanol–water partition coefficient (Wildman–Crippen LogP) is 0.700. The van der Waals surface area contributed by atoms with E-state index >= 15 is 0 Å². The number of rotatable bonds is 7. The van der Waals surface area contributed by atoms with Crippen LogP contribution in [0.2, 0.25) is 0 Å². The van der Waals surface area contributed by atoms with Gasteiger partial charge in [0.15, 0.2) is 11.5 Å². The molecule has 0 aliphatic rings. The summed E-state index contributed by atoms with van der Waals surface area (Å²) in [4.78, 5) is 15.4. The summed E-state index contributed by atoms with van der Waals surface area (Å²) in [7, 11) is 3.14. The quantitative estimate of drug-likeness (QED) is 0.759. The second-order valence-corrected chi connectivity index (χ2v) is 4.84. The van der Waals surface area contributed by atoms with Crippen molar-refractivity contribution >= 4 is 5.91 Å². The zero-order valence-electron chi connectivity index (χ0n) is 11.8. The van der Waals surface area contributed by atoms with E-state index in [4.69, 9.17) is 15.2 Å². The van der Waals surface area contributed by atoms with Crippen LogP contribution in [-0.2, 0) is 11.3 Å². The minimum Gasteiger partial charge on any atom is -0.493 e. The molecule has 0 bridgehead atoms. The van der Waals surface area contributed by atoms with Crippen LogP contribution in [0.4, 0.5) is 0 Å². The van der Waals surface area contributed by atoms with Crippen molar-refractivity contribution in [3.05, 3.63) is 18.0 Å². The Balaban J connectivity index is 2.71. The monoisotopic (exact) mass is 267 g/mol. The molecule has 1 heterocycles. The lowest BCUT2D eigenvalue weighted by molar-refractivity contribution is -0.125. The lowest BCUT2D eigenvalue weighted by Crippen LogP contribution is -2.40. The van der Waals surface area contributed by atoms with Gasteiger partial charge in [-0.05, 0) is 13.8 Å². The summed E-state index contributed by atoms with van der Waals surface area (Å²) in [5.41, 5.74) is 5.43. The first-order chi connectivity index (χ1) is 8.92. The third kappa shape index (κ3) is 3.82. The van der Waals surface area contributed by atoms with Crippen molar-refractivity contribution in [3.63, 3.8) is 0 Å². The Morgan fingerprint density at radius 1 is 1.42 bits per heavy atom. The number of aromatic nitrogens is 1. The summed E-state index contributed by atoms with van der Waals surface area (Å²) in [5, 5.41) is 3.15. The standard InChI is InChI=1S/C13H21N3O3/c1-13(2,12(14)17)8-15-7-9-11(19-4)10(18-3)5-6-16-9/h5-6,15H,7-8H2,1-4H3,(H2,14,17). The summed E-state index contributed by atoms with van der Waals surface area (Å²) in [6, 6.07) is 1.73. The van der Waals surface area contributed by atoms with Gasteiger partial charge in [0.1, 0.15) is 0 Å². The summed E-state index contributed by atoms with van der Waals surface area (Å²) in [6.45, 7) is 4.51. The highest BCUT2D eigenvalue weighted by Gasteiger charge is 2.24. The number of primary amides is 1. The molecule has 6 nitrogen and oxygen atoms in total. The van der Waals surface area contributed by atoms with E-state index in [2.05, 4.69) is 10.3 Å². The van der Waals surface area contributed by atoms with Gasteiger partial charge < -0.3 is 20.5 Å². The minimum atomic E-state index is -0.605. The number of amides is 1. The third-order valence-electron chi connectivity index (χ3n) is 2.89. The van der Waals surface area contributed by atoms with E-state index in [1.165, 1.54) is 0 Å². The zero-order chi connectivity index (χ0) is 14.5. The Kier molecular flexibility index (Phi) is 5.11. The topological polar surface area (TPSA) is 86.5 Å². The SMILES string of the molecule is COc1ccnc(CNCC(C)(C)C(N)=O)c1OC. The van der Waals surface area contributed by atoms with Crippen LogP contribution in [0.3, 0.4) is 0 Å². The second-order valence-electron chi connectivity index (χ2n) is 4.84. The Hall–Kier alpha value is -1.82. The maximum atomic E-state index is 11.2. The highest BCUT2D eigenvalue weighted by atomic mass is 16.5. The fourth-order valence-electron chi connectivity index (χ4n) is 1.56. The number of carbonyl (C=O) groups is 1. The third-order valence-corrected chi connectivity index (χ3v) is 2.89. The van der Waals surface area contributed by atoms with Crippen LogP contribution in [0.5, 0.6) is 11.5 Å².